The highest BCUT2D eigenvalue weighted by Gasteiger charge is 2.27. The van der Waals surface area contributed by atoms with Crippen molar-refractivity contribution >= 4 is 69.8 Å². The molecule has 0 radical (unpaired) electrons. The molecule has 9 N–H and O–H groups in total. The average molecular weight is 1010 g/mol. The van der Waals surface area contributed by atoms with Crippen LogP contribution in [0.4, 0.5) is 40.3 Å². The summed E-state index contributed by atoms with van der Waals surface area (Å²) in [5.74, 6) is -7.43. The van der Waals surface area contributed by atoms with Crippen molar-refractivity contribution in [2.24, 2.45) is 20.5 Å². The summed E-state index contributed by atoms with van der Waals surface area (Å²) in [5.41, 5.74) is 12.6. The summed E-state index contributed by atoms with van der Waals surface area (Å²) < 4.78 is 4.13. The molecule has 5 aromatic heterocycles. The van der Waals surface area contributed by atoms with Gasteiger partial charge in [0.2, 0.25) is 0 Å². The largest absolute Gasteiger partial charge is 0.479 e. The van der Waals surface area contributed by atoms with E-state index in [-0.39, 0.29) is 114 Å². The predicted octanol–water partition coefficient (Wildman–Crippen LogP) is 7.55. The van der Waals surface area contributed by atoms with Crippen LogP contribution in [0.25, 0.3) is 44.9 Å². The molecule has 0 saturated carbocycles. The van der Waals surface area contributed by atoms with E-state index in [2.05, 4.69) is 66.7 Å². The minimum Gasteiger partial charge on any atom is -0.479 e. The van der Waals surface area contributed by atoms with E-state index in [1.807, 2.05) is 12.2 Å². The summed E-state index contributed by atoms with van der Waals surface area (Å²) >= 11 is 0. The van der Waals surface area contributed by atoms with Crippen LogP contribution < -0.4 is 11.5 Å². The van der Waals surface area contributed by atoms with Crippen LogP contribution in [0.3, 0.4) is 0 Å². The molecule has 1 aliphatic rings. The number of aryl methyl sites for hydroxylation is 2. The molecule has 0 spiro atoms. The third-order valence-electron chi connectivity index (χ3n) is 11.1. The topological polar surface area (TPSA) is 409 Å². The van der Waals surface area contributed by atoms with Crippen molar-refractivity contribution in [2.45, 2.75) is 26.7 Å². The molecule has 9 rings (SSSR count). The molecule has 28 heteroatoms. The standard InChI is InChI=1S/C47H33N19O9/c1-21-32(55-57-39-31(20-48)34(23-10-6-4-7-11-23)61-63(39)29-16-25(41(67)68)14-26(17-29)42(69)70)37(49)65(59-21)45-52-46(54-47(75)53-45)66-38(50)33(22(2)60-66)56-58-40-36(51-3)35(24-12-8-5-9-13-24)62-64(40)30-18-27(43(71)72)15-28(19-30)44(73)74/h5-6,8-19H,4,7,49-50H2,1-2H3,(H,67,68)(H,69,70)(H,71,72)(H,73,74)(H,52,53,54,75). The summed E-state index contributed by atoms with van der Waals surface area (Å²) in [5, 5.41) is 95.7. The van der Waals surface area contributed by atoms with E-state index in [0.717, 1.165) is 61.5 Å². The van der Waals surface area contributed by atoms with Crippen molar-refractivity contribution in [3.8, 4) is 46.6 Å². The number of nitrogen functional groups attached to an aromatic ring is 2. The van der Waals surface area contributed by atoms with Crippen LogP contribution in [-0.4, -0.2) is 103 Å². The van der Waals surface area contributed by atoms with Crippen LogP contribution in [0.1, 0.15) is 76.9 Å². The van der Waals surface area contributed by atoms with Gasteiger partial charge in [0.25, 0.3) is 17.6 Å². The molecular weight excluding hydrogens is 975 g/mol. The van der Waals surface area contributed by atoms with Gasteiger partial charge in [-0.05, 0) is 74.2 Å². The first-order chi connectivity index (χ1) is 36.0. The van der Waals surface area contributed by atoms with Gasteiger partial charge in [0.15, 0.2) is 34.6 Å². The zero-order chi connectivity index (χ0) is 53.4. The number of benzene rings is 3. The highest BCUT2D eigenvalue weighted by atomic mass is 16.4. The summed E-state index contributed by atoms with van der Waals surface area (Å²) in [6.07, 6.45) is 6.83. The van der Waals surface area contributed by atoms with Gasteiger partial charge in [0.05, 0.1) is 51.6 Å². The van der Waals surface area contributed by atoms with Crippen molar-refractivity contribution < 1.29 is 44.7 Å². The van der Waals surface area contributed by atoms with Crippen molar-refractivity contribution in [2.75, 3.05) is 11.5 Å². The van der Waals surface area contributed by atoms with Gasteiger partial charge in [-0.1, -0.05) is 48.6 Å². The van der Waals surface area contributed by atoms with Gasteiger partial charge >= 0.3 is 29.9 Å². The summed E-state index contributed by atoms with van der Waals surface area (Å²) in [6.45, 7) is 11.1. The van der Waals surface area contributed by atoms with E-state index in [1.54, 1.807) is 36.4 Å². The molecule has 8 aromatic rings. The van der Waals surface area contributed by atoms with Crippen LogP contribution in [-0.2, 0) is 0 Å². The first kappa shape index (κ1) is 48.5. The molecule has 28 nitrogen and oxygen atoms in total. The molecule has 0 unspecified atom stereocenters. The number of allylic oxidation sites excluding steroid dienone is 4. The average Bonchev–Trinajstić information content (AvgIpc) is 4.14. The van der Waals surface area contributed by atoms with Crippen molar-refractivity contribution in [3.05, 3.63) is 141 Å². The van der Waals surface area contributed by atoms with E-state index in [0.29, 0.717) is 17.6 Å². The number of nitrogens with two attached hydrogens (primary N) is 2. The number of hydrogen-bond donors (Lipinski definition) is 7. The molecular formula is C47H33N19O9. The van der Waals surface area contributed by atoms with Gasteiger partial charge in [-0.25, -0.2) is 33.4 Å². The molecule has 0 aliphatic heterocycles. The summed E-state index contributed by atoms with van der Waals surface area (Å²) in [4.78, 5) is 64.3. The first-order valence-corrected chi connectivity index (χ1v) is 21.7. The molecule has 5 heterocycles. The van der Waals surface area contributed by atoms with E-state index < -0.39 is 29.9 Å². The Balaban J connectivity index is 1.10. The Morgan fingerprint density at radius 3 is 1.59 bits per heavy atom. The van der Waals surface area contributed by atoms with Crippen LogP contribution in [0.5, 0.6) is 6.01 Å². The van der Waals surface area contributed by atoms with Crippen molar-refractivity contribution in [3.63, 3.8) is 0 Å². The molecule has 0 atom stereocenters. The fourth-order valence-electron chi connectivity index (χ4n) is 7.65. The lowest BCUT2D eigenvalue weighted by molar-refractivity contribution is 0.0676. The normalized spacial score (nSPS) is 12.2. The highest BCUT2D eigenvalue weighted by molar-refractivity contribution is 5.96. The van der Waals surface area contributed by atoms with Gasteiger partial charge < -0.3 is 37.0 Å². The fraction of sp³-hybridized carbons (Fsp3) is 0.0851. The van der Waals surface area contributed by atoms with Crippen LogP contribution in [0.2, 0.25) is 0 Å². The number of anilines is 2. The monoisotopic (exact) mass is 1010 g/mol. The zero-order valence-electron chi connectivity index (χ0n) is 38.6. The number of nitriles is 1. The Bertz CT molecular complexity index is 3890. The van der Waals surface area contributed by atoms with E-state index >= 15 is 0 Å². The van der Waals surface area contributed by atoms with Crippen LogP contribution in [0, 0.1) is 31.8 Å². The minimum atomic E-state index is -1.43. The zero-order valence-corrected chi connectivity index (χ0v) is 38.6. The highest BCUT2D eigenvalue weighted by Crippen LogP contribution is 2.42. The Kier molecular flexibility index (Phi) is 12.5. The lowest BCUT2D eigenvalue weighted by Gasteiger charge is -2.08. The number of hydrogen-bond acceptors (Lipinski definition) is 19. The second-order valence-corrected chi connectivity index (χ2v) is 16.0. The number of aromatic hydroxyl groups is 1. The maximum Gasteiger partial charge on any atom is 0.335 e. The minimum absolute atomic E-state index is 0.0630. The number of azo groups is 2. The predicted molar refractivity (Wildman–Crippen MR) is 260 cm³/mol. The second-order valence-electron chi connectivity index (χ2n) is 16.0. The molecule has 0 bridgehead atoms. The number of nitrogens with zero attached hydrogens (tertiary/aromatic N) is 17. The number of aromatic nitrogens is 11. The Hall–Kier alpha value is -11.6. The van der Waals surface area contributed by atoms with Crippen LogP contribution in [0.15, 0.2) is 105 Å². The van der Waals surface area contributed by atoms with E-state index in [9.17, 15) is 50.0 Å². The molecule has 0 fully saturated rings. The Morgan fingerprint density at radius 2 is 1.13 bits per heavy atom. The van der Waals surface area contributed by atoms with Crippen LogP contribution >= 0.6 is 0 Å². The number of carboxylic acids is 4. The molecule has 370 valence electrons. The van der Waals surface area contributed by atoms with Gasteiger partial charge in [-0.2, -0.15) is 50.0 Å². The Morgan fingerprint density at radius 1 is 0.653 bits per heavy atom. The Labute approximate surface area is 419 Å². The molecule has 0 amide bonds. The number of carbonyl (C=O) groups is 4. The van der Waals surface area contributed by atoms with Gasteiger partial charge in [0.1, 0.15) is 23.0 Å². The SMILES string of the molecule is [C-]#[N+]c1c(-c2ccccc2)nn(-c2cc(C(=O)O)cc(C(=O)O)c2)c1N=Nc1c(C)nn(-c2nc(O)nc(-n3nc(C)c(N=Nc4c(C#N)c(C5=CCCC=C5)nn4-c4cc(C(=O)O)cc(C(=O)O)c4)c3N)n2)c1N. The van der Waals surface area contributed by atoms with Gasteiger partial charge in [0, 0.05) is 0 Å². The third kappa shape index (κ3) is 9.09. The lowest BCUT2D eigenvalue weighted by atomic mass is 10.0. The van der Waals surface area contributed by atoms with E-state index in [1.165, 1.54) is 13.8 Å². The van der Waals surface area contributed by atoms with Gasteiger partial charge in [-0.15, -0.1) is 20.5 Å². The molecule has 0 saturated heterocycles. The van der Waals surface area contributed by atoms with E-state index in [4.69, 9.17) is 18.0 Å². The lowest BCUT2D eigenvalue weighted by Crippen LogP contribution is -2.13. The molecule has 3 aromatic carbocycles. The first-order valence-electron chi connectivity index (χ1n) is 21.7. The smallest absolute Gasteiger partial charge is 0.335 e. The maximum absolute atomic E-state index is 12.1. The number of carboxylic acid groups (broad SMARTS) is 4. The molecule has 75 heavy (non-hydrogen) atoms. The maximum atomic E-state index is 12.1. The van der Waals surface area contributed by atoms with Crippen molar-refractivity contribution in [1.29, 1.82) is 5.26 Å². The van der Waals surface area contributed by atoms with Gasteiger partial charge in [-0.3, -0.25) is 0 Å². The second kappa shape index (κ2) is 19.3. The quantitative estimate of drug-likeness (QED) is 0.0408. The summed E-state index contributed by atoms with van der Waals surface area (Å²) in [7, 11) is 0. The number of rotatable bonds is 14. The van der Waals surface area contributed by atoms with Crippen molar-refractivity contribution in [1.82, 2.24) is 54.1 Å². The number of aromatic carboxylic acids is 4. The summed E-state index contributed by atoms with van der Waals surface area (Å²) in [6, 6.07) is 16.3. The molecule has 1 aliphatic carbocycles. The third-order valence-corrected chi connectivity index (χ3v) is 11.1. The fourth-order valence-corrected chi connectivity index (χ4v) is 7.65.